The Labute approximate surface area is 79.1 Å². The van der Waals surface area contributed by atoms with E-state index in [-0.39, 0.29) is 0 Å². The highest BCUT2D eigenvalue weighted by molar-refractivity contribution is 8.15. The fourth-order valence-electron chi connectivity index (χ4n) is 0.500. The van der Waals surface area contributed by atoms with Crippen molar-refractivity contribution in [3.8, 4) is 0 Å². The molecule has 0 bridgehead atoms. The van der Waals surface area contributed by atoms with E-state index in [4.69, 9.17) is 11.6 Å². The van der Waals surface area contributed by atoms with Gasteiger partial charge in [0.1, 0.15) is 5.03 Å². The third-order valence-corrected chi connectivity index (χ3v) is 3.06. The zero-order valence-corrected chi connectivity index (χ0v) is 8.34. The first-order chi connectivity index (χ1) is 5.33. The molecule has 0 aliphatic heterocycles. The highest BCUT2D eigenvalue weighted by atomic mass is 35.5. The van der Waals surface area contributed by atoms with Crippen LogP contribution in [-0.4, -0.2) is 21.5 Å². The van der Waals surface area contributed by atoms with Gasteiger partial charge in [0.15, 0.2) is 5.15 Å². The third kappa shape index (κ3) is 3.31. The lowest BCUT2D eigenvalue weighted by Crippen LogP contribution is -1.84. The van der Waals surface area contributed by atoms with E-state index in [1.54, 1.807) is 29.6 Å². The molecule has 0 spiro atoms. The minimum Gasteiger partial charge on any atom is -0.154 e. The fraction of sp³-hybridized carbons (Fsp3) is 0.333. The van der Waals surface area contributed by atoms with Gasteiger partial charge in [-0.25, -0.2) is 0 Å². The second-order valence-corrected chi connectivity index (χ2v) is 4.36. The molecule has 5 heteroatoms. The standard InChI is InChI=1S/C6H7ClN2S2/c1-10-4-11-6-3-2-5(7)8-9-6/h2-3H,4H2,1H3. The van der Waals surface area contributed by atoms with Crippen LogP contribution in [0.1, 0.15) is 0 Å². The van der Waals surface area contributed by atoms with Crippen LogP contribution in [0, 0.1) is 0 Å². The molecule has 0 aliphatic rings. The van der Waals surface area contributed by atoms with Gasteiger partial charge < -0.3 is 0 Å². The van der Waals surface area contributed by atoms with Crippen molar-refractivity contribution in [2.75, 3.05) is 11.3 Å². The lowest BCUT2D eigenvalue weighted by Gasteiger charge is -1.95. The molecule has 0 amide bonds. The van der Waals surface area contributed by atoms with E-state index in [1.807, 2.05) is 6.07 Å². The average molecular weight is 207 g/mol. The second kappa shape index (κ2) is 4.85. The van der Waals surface area contributed by atoms with E-state index in [1.165, 1.54) is 0 Å². The molecule has 60 valence electrons. The third-order valence-electron chi connectivity index (χ3n) is 0.932. The SMILES string of the molecule is CSCSc1ccc(Cl)nn1. The van der Waals surface area contributed by atoms with Crippen LogP contribution in [0.2, 0.25) is 5.15 Å². The predicted octanol–water partition coefficient (Wildman–Crippen LogP) is 2.54. The zero-order valence-electron chi connectivity index (χ0n) is 5.95. The van der Waals surface area contributed by atoms with Crippen LogP contribution in [0.3, 0.4) is 0 Å². The highest BCUT2D eigenvalue weighted by Gasteiger charge is 1.94. The normalized spacial score (nSPS) is 10.0. The maximum atomic E-state index is 5.56. The Bertz CT molecular complexity index is 214. The number of halogens is 1. The quantitative estimate of drug-likeness (QED) is 0.561. The van der Waals surface area contributed by atoms with Gasteiger partial charge in [-0.05, 0) is 18.4 Å². The number of rotatable bonds is 3. The summed E-state index contributed by atoms with van der Waals surface area (Å²) < 4.78 is 0. The topological polar surface area (TPSA) is 25.8 Å². The van der Waals surface area contributed by atoms with Crippen molar-refractivity contribution in [3.63, 3.8) is 0 Å². The van der Waals surface area contributed by atoms with Crippen LogP contribution in [0.15, 0.2) is 17.2 Å². The van der Waals surface area contributed by atoms with Crippen molar-refractivity contribution >= 4 is 35.1 Å². The van der Waals surface area contributed by atoms with Crippen LogP contribution >= 0.6 is 35.1 Å². The number of aromatic nitrogens is 2. The van der Waals surface area contributed by atoms with Crippen molar-refractivity contribution in [2.24, 2.45) is 0 Å². The first kappa shape index (κ1) is 9.16. The largest absolute Gasteiger partial charge is 0.154 e. The van der Waals surface area contributed by atoms with E-state index in [0.29, 0.717) is 5.15 Å². The monoisotopic (exact) mass is 206 g/mol. The Morgan fingerprint density at radius 1 is 1.45 bits per heavy atom. The number of hydrogen-bond donors (Lipinski definition) is 0. The van der Waals surface area contributed by atoms with E-state index in [2.05, 4.69) is 16.5 Å². The summed E-state index contributed by atoms with van der Waals surface area (Å²) >= 11 is 8.98. The molecule has 11 heavy (non-hydrogen) atoms. The Balaban J connectivity index is 2.52. The van der Waals surface area contributed by atoms with Crippen molar-refractivity contribution in [1.82, 2.24) is 10.2 Å². The number of thioether (sulfide) groups is 2. The van der Waals surface area contributed by atoms with Gasteiger partial charge >= 0.3 is 0 Å². The molecule has 1 rings (SSSR count). The van der Waals surface area contributed by atoms with Gasteiger partial charge in [0.05, 0.1) is 0 Å². The molecule has 0 aliphatic carbocycles. The molecule has 0 radical (unpaired) electrons. The molecule has 0 atom stereocenters. The molecule has 0 saturated carbocycles. The van der Waals surface area contributed by atoms with Gasteiger partial charge in [0, 0.05) is 5.08 Å². The summed E-state index contributed by atoms with van der Waals surface area (Å²) in [4.78, 5) is 0. The maximum absolute atomic E-state index is 5.56. The lowest BCUT2D eigenvalue weighted by atomic mass is 10.6. The van der Waals surface area contributed by atoms with Gasteiger partial charge in [0.25, 0.3) is 0 Å². The molecule has 2 nitrogen and oxygen atoms in total. The average Bonchev–Trinajstić information content (AvgIpc) is 2.04. The molecule has 0 unspecified atom stereocenters. The van der Waals surface area contributed by atoms with E-state index in [0.717, 1.165) is 10.1 Å². The molecule has 1 aromatic heterocycles. The van der Waals surface area contributed by atoms with E-state index >= 15 is 0 Å². The number of hydrogen-bond acceptors (Lipinski definition) is 4. The lowest BCUT2D eigenvalue weighted by molar-refractivity contribution is 0.931. The van der Waals surface area contributed by atoms with Crippen LogP contribution in [0.5, 0.6) is 0 Å². The Kier molecular flexibility index (Phi) is 4.04. The van der Waals surface area contributed by atoms with Gasteiger partial charge in [-0.15, -0.1) is 10.2 Å². The summed E-state index contributed by atoms with van der Waals surface area (Å²) in [5.74, 6) is 0. The Morgan fingerprint density at radius 3 is 2.82 bits per heavy atom. The maximum Gasteiger partial charge on any atom is 0.151 e. The van der Waals surface area contributed by atoms with Crippen molar-refractivity contribution in [1.29, 1.82) is 0 Å². The second-order valence-electron chi connectivity index (χ2n) is 1.75. The fourth-order valence-corrected chi connectivity index (χ4v) is 1.82. The van der Waals surface area contributed by atoms with Crippen LogP contribution in [-0.2, 0) is 0 Å². The smallest absolute Gasteiger partial charge is 0.151 e. The molecular weight excluding hydrogens is 200 g/mol. The van der Waals surface area contributed by atoms with Crippen molar-refractivity contribution in [2.45, 2.75) is 5.03 Å². The van der Waals surface area contributed by atoms with Gasteiger partial charge in [-0.3, -0.25) is 0 Å². The summed E-state index contributed by atoms with van der Waals surface area (Å²) in [6.45, 7) is 0. The van der Waals surface area contributed by atoms with E-state index in [9.17, 15) is 0 Å². The molecule has 0 aromatic carbocycles. The molecule has 1 aromatic rings. The Morgan fingerprint density at radius 2 is 2.27 bits per heavy atom. The summed E-state index contributed by atoms with van der Waals surface area (Å²) in [5, 5.41) is 9.96. The highest BCUT2D eigenvalue weighted by Crippen LogP contribution is 2.18. The van der Waals surface area contributed by atoms with Crippen molar-refractivity contribution in [3.05, 3.63) is 17.3 Å². The summed E-state index contributed by atoms with van der Waals surface area (Å²) in [6.07, 6.45) is 2.05. The minimum atomic E-state index is 0.443. The Hall–Kier alpha value is 0.0700. The molecule has 0 fully saturated rings. The van der Waals surface area contributed by atoms with E-state index < -0.39 is 0 Å². The molecule has 0 N–H and O–H groups in total. The van der Waals surface area contributed by atoms with Crippen LogP contribution in [0.4, 0.5) is 0 Å². The molecule has 1 heterocycles. The van der Waals surface area contributed by atoms with Crippen LogP contribution in [0.25, 0.3) is 0 Å². The van der Waals surface area contributed by atoms with Gasteiger partial charge in [-0.1, -0.05) is 23.4 Å². The summed E-state index contributed by atoms with van der Waals surface area (Å²) in [7, 11) is 0. The molecule has 0 saturated heterocycles. The zero-order chi connectivity index (χ0) is 8.10. The molecular formula is C6H7ClN2S2. The first-order valence-corrected chi connectivity index (χ1v) is 5.69. The van der Waals surface area contributed by atoms with Crippen LogP contribution < -0.4 is 0 Å². The van der Waals surface area contributed by atoms with Crippen molar-refractivity contribution < 1.29 is 0 Å². The van der Waals surface area contributed by atoms with Gasteiger partial charge in [0.2, 0.25) is 0 Å². The number of nitrogens with zero attached hydrogens (tertiary/aromatic N) is 2. The minimum absolute atomic E-state index is 0.443. The first-order valence-electron chi connectivity index (χ1n) is 2.94. The van der Waals surface area contributed by atoms with Gasteiger partial charge in [-0.2, -0.15) is 11.8 Å². The summed E-state index contributed by atoms with van der Waals surface area (Å²) in [5.41, 5.74) is 0. The summed E-state index contributed by atoms with van der Waals surface area (Å²) in [6, 6.07) is 3.62. The predicted molar refractivity (Wildman–Crippen MR) is 51.3 cm³/mol.